The smallest absolute Gasteiger partial charge is 0.340 e. The normalized spacial score (nSPS) is 18.6. The summed E-state index contributed by atoms with van der Waals surface area (Å²) in [6, 6.07) is 1.63. The number of cyclic esters (lactones) is 1. The molecule has 0 amide bonds. The summed E-state index contributed by atoms with van der Waals surface area (Å²) in [5.41, 5.74) is 2.74. The Kier molecular flexibility index (Phi) is 3.89. The van der Waals surface area contributed by atoms with Crippen LogP contribution in [0.1, 0.15) is 35.3 Å². The van der Waals surface area contributed by atoms with E-state index in [1.807, 2.05) is 13.0 Å². The van der Waals surface area contributed by atoms with Crippen LogP contribution < -0.4 is 16.1 Å². The number of aromatic nitrogens is 2. The molecular weight excluding hydrogens is 346 g/mol. The zero-order chi connectivity index (χ0) is 19.3. The average molecular weight is 363 g/mol. The molecule has 4 heterocycles. The molecule has 0 aliphatic carbocycles. The monoisotopic (exact) mass is 363 g/mol. The molecular formula is C20H17N3O4. The van der Waals surface area contributed by atoms with Gasteiger partial charge in [-0.2, -0.15) is 0 Å². The fourth-order valence-corrected chi connectivity index (χ4v) is 3.68. The Morgan fingerprint density at radius 3 is 2.85 bits per heavy atom. The highest BCUT2D eigenvalue weighted by molar-refractivity contribution is 5.85. The van der Waals surface area contributed by atoms with Crippen molar-refractivity contribution < 1.29 is 14.6 Å². The van der Waals surface area contributed by atoms with Gasteiger partial charge in [0.1, 0.15) is 6.61 Å². The van der Waals surface area contributed by atoms with Gasteiger partial charge in [0.2, 0.25) is 0 Å². The first-order chi connectivity index (χ1) is 13.0. The number of nitrogens with zero attached hydrogens (tertiary/aromatic N) is 2. The molecule has 4 rings (SSSR count). The standard InChI is InChI=1S/C20H17N3O4/c1-3-5-10-12(7-21)13-8-23-16(17(13)22-15(10)4-2)6-11-14(19(23)25)9-27-20(26)18(11)24/h3-7,18,21,24H,1,8-9H2,2H3/b10-5-,15-4+,21-7?. The number of allylic oxidation sites excluding steroid dienone is 1. The summed E-state index contributed by atoms with van der Waals surface area (Å²) in [5.74, 6) is -0.767. The third-order valence-corrected chi connectivity index (χ3v) is 4.98. The number of nitrogens with one attached hydrogen (secondary N) is 1. The third-order valence-electron chi connectivity index (χ3n) is 4.98. The summed E-state index contributed by atoms with van der Waals surface area (Å²) >= 11 is 0. The number of aliphatic hydroxyl groups is 1. The summed E-state index contributed by atoms with van der Waals surface area (Å²) in [6.45, 7) is 5.67. The van der Waals surface area contributed by atoms with Gasteiger partial charge < -0.3 is 19.8 Å². The van der Waals surface area contributed by atoms with Crippen LogP contribution in [0.3, 0.4) is 0 Å². The molecule has 0 saturated heterocycles. The number of carbonyl (C=O) groups is 1. The molecule has 2 aliphatic rings. The molecule has 0 fully saturated rings. The van der Waals surface area contributed by atoms with Gasteiger partial charge in [-0.25, -0.2) is 9.78 Å². The Morgan fingerprint density at radius 2 is 2.19 bits per heavy atom. The van der Waals surface area contributed by atoms with Crippen molar-refractivity contribution in [2.75, 3.05) is 0 Å². The van der Waals surface area contributed by atoms with Crippen molar-refractivity contribution in [2.24, 2.45) is 0 Å². The number of fused-ring (bicyclic) bond motifs is 4. The van der Waals surface area contributed by atoms with Crippen molar-refractivity contribution >= 4 is 24.3 Å². The van der Waals surface area contributed by atoms with E-state index in [1.165, 1.54) is 6.21 Å². The zero-order valence-electron chi connectivity index (χ0n) is 14.7. The highest BCUT2D eigenvalue weighted by atomic mass is 16.5. The highest BCUT2D eigenvalue weighted by Crippen LogP contribution is 2.33. The van der Waals surface area contributed by atoms with Gasteiger partial charge >= 0.3 is 5.97 Å². The molecule has 0 bridgehead atoms. The van der Waals surface area contributed by atoms with Gasteiger partial charge in [0.05, 0.1) is 28.8 Å². The SMILES string of the molecule is C=C/C=c1/c(C=N)c2c(n/c1=C/C)-c1cc3c(c(=O)n1C2)COC(=O)C3O. The van der Waals surface area contributed by atoms with Crippen molar-refractivity contribution in [3.05, 3.63) is 61.9 Å². The van der Waals surface area contributed by atoms with Crippen LogP contribution in [0, 0.1) is 5.41 Å². The fourth-order valence-electron chi connectivity index (χ4n) is 3.68. The van der Waals surface area contributed by atoms with E-state index in [-0.39, 0.29) is 29.8 Å². The Bertz CT molecular complexity index is 1210. The minimum atomic E-state index is -1.48. The first-order valence-electron chi connectivity index (χ1n) is 8.46. The Morgan fingerprint density at radius 1 is 1.41 bits per heavy atom. The van der Waals surface area contributed by atoms with E-state index in [2.05, 4.69) is 11.6 Å². The largest absolute Gasteiger partial charge is 0.458 e. The predicted molar refractivity (Wildman–Crippen MR) is 99.7 cm³/mol. The molecule has 1 unspecified atom stereocenters. The minimum absolute atomic E-state index is 0.158. The first-order valence-corrected chi connectivity index (χ1v) is 8.46. The number of ether oxygens (including phenoxy) is 1. The molecule has 7 heteroatoms. The predicted octanol–water partition coefficient (Wildman–Crippen LogP) is 0.127. The average Bonchev–Trinajstić information content (AvgIpc) is 3.03. The molecule has 1 atom stereocenters. The van der Waals surface area contributed by atoms with Crippen LogP contribution in [0.25, 0.3) is 23.5 Å². The third kappa shape index (κ3) is 2.32. The first kappa shape index (κ1) is 17.1. The lowest BCUT2D eigenvalue weighted by Gasteiger charge is -2.21. The van der Waals surface area contributed by atoms with Crippen LogP contribution in [-0.4, -0.2) is 26.8 Å². The Labute approximate surface area is 154 Å². The summed E-state index contributed by atoms with van der Waals surface area (Å²) < 4.78 is 6.44. The van der Waals surface area contributed by atoms with Gasteiger partial charge in [-0.3, -0.25) is 4.79 Å². The summed E-state index contributed by atoms with van der Waals surface area (Å²) in [6.07, 6.45) is 5.02. The topological polar surface area (TPSA) is 105 Å². The lowest BCUT2D eigenvalue weighted by atomic mass is 9.99. The van der Waals surface area contributed by atoms with Crippen LogP contribution in [0.4, 0.5) is 0 Å². The van der Waals surface area contributed by atoms with Gasteiger partial charge in [0.25, 0.3) is 5.56 Å². The number of aliphatic hydroxyl groups excluding tert-OH is 1. The van der Waals surface area contributed by atoms with Gasteiger partial charge in [0, 0.05) is 28.1 Å². The number of pyridine rings is 2. The van der Waals surface area contributed by atoms with E-state index in [9.17, 15) is 14.7 Å². The van der Waals surface area contributed by atoms with Gasteiger partial charge in [-0.15, -0.1) is 0 Å². The molecule has 2 aromatic heterocycles. The number of carbonyl (C=O) groups excluding carboxylic acids is 1. The molecule has 0 spiro atoms. The second-order valence-electron chi connectivity index (χ2n) is 6.35. The van der Waals surface area contributed by atoms with Crippen LogP contribution in [0.15, 0.2) is 23.5 Å². The molecule has 2 aromatic rings. The molecule has 0 aromatic carbocycles. The molecule has 2 N–H and O–H groups in total. The van der Waals surface area contributed by atoms with Crippen LogP contribution >= 0.6 is 0 Å². The van der Waals surface area contributed by atoms with E-state index < -0.39 is 12.1 Å². The van der Waals surface area contributed by atoms with Crippen molar-refractivity contribution in [1.82, 2.24) is 9.55 Å². The lowest BCUT2D eigenvalue weighted by molar-refractivity contribution is -0.157. The summed E-state index contributed by atoms with van der Waals surface area (Å²) in [7, 11) is 0. The zero-order valence-corrected chi connectivity index (χ0v) is 14.7. The van der Waals surface area contributed by atoms with Crippen molar-refractivity contribution in [1.29, 1.82) is 5.41 Å². The van der Waals surface area contributed by atoms with Gasteiger partial charge in [0.15, 0.2) is 6.10 Å². The maximum atomic E-state index is 12.9. The van der Waals surface area contributed by atoms with Crippen molar-refractivity contribution in [3.63, 3.8) is 0 Å². The number of esters is 1. The van der Waals surface area contributed by atoms with Gasteiger partial charge in [-0.1, -0.05) is 24.8 Å². The fraction of sp³-hybridized carbons (Fsp3) is 0.200. The number of rotatable bonds is 2. The molecule has 136 valence electrons. The van der Waals surface area contributed by atoms with E-state index in [1.54, 1.807) is 22.8 Å². The quantitative estimate of drug-likeness (QED) is 0.497. The van der Waals surface area contributed by atoms with Crippen molar-refractivity contribution in [3.8, 4) is 11.4 Å². The number of hydrogen-bond donors (Lipinski definition) is 2. The minimum Gasteiger partial charge on any atom is -0.458 e. The maximum absolute atomic E-state index is 12.9. The lowest BCUT2D eigenvalue weighted by Crippen LogP contribution is -2.33. The number of hydrogen-bond acceptors (Lipinski definition) is 6. The maximum Gasteiger partial charge on any atom is 0.340 e. The van der Waals surface area contributed by atoms with E-state index in [0.717, 1.165) is 10.8 Å². The summed E-state index contributed by atoms with van der Waals surface area (Å²) in [5, 5.41) is 19.5. The Hall–Kier alpha value is -3.32. The van der Waals surface area contributed by atoms with E-state index in [0.29, 0.717) is 22.3 Å². The van der Waals surface area contributed by atoms with Crippen LogP contribution in [0.2, 0.25) is 0 Å². The van der Waals surface area contributed by atoms with Gasteiger partial charge in [-0.05, 0) is 13.0 Å². The molecule has 27 heavy (non-hydrogen) atoms. The molecule has 2 aliphatic heterocycles. The molecule has 0 saturated carbocycles. The molecule has 0 radical (unpaired) electrons. The Balaban J connectivity index is 2.09. The van der Waals surface area contributed by atoms with E-state index in [4.69, 9.17) is 10.1 Å². The van der Waals surface area contributed by atoms with Crippen molar-refractivity contribution in [2.45, 2.75) is 26.2 Å². The van der Waals surface area contributed by atoms with Crippen LogP contribution in [-0.2, 0) is 22.7 Å². The highest BCUT2D eigenvalue weighted by Gasteiger charge is 2.34. The molecule has 7 nitrogen and oxygen atoms in total. The summed E-state index contributed by atoms with van der Waals surface area (Å²) in [4.78, 5) is 29.3. The van der Waals surface area contributed by atoms with Crippen LogP contribution in [0.5, 0.6) is 0 Å². The second-order valence-corrected chi connectivity index (χ2v) is 6.35. The second kappa shape index (κ2) is 6.14. The van der Waals surface area contributed by atoms with E-state index >= 15 is 0 Å².